The number of hydrogen-bond donors (Lipinski definition) is 5. The Morgan fingerprint density at radius 3 is 1.81 bits per heavy atom. The summed E-state index contributed by atoms with van der Waals surface area (Å²) in [7, 11) is 1.37. The number of likely N-dealkylation sites (N-methyl/N-ethyl adjacent to an activating group) is 1. The van der Waals surface area contributed by atoms with E-state index in [9.17, 15) is 39.6 Å². The number of nitrogens with zero attached hydrogens (tertiary/aromatic N) is 2. The van der Waals surface area contributed by atoms with Crippen LogP contribution in [0.4, 0.5) is 0 Å². The molecule has 1 rings (SSSR count). The maximum absolute atomic E-state index is 11.9. The molecule has 32 heavy (non-hydrogen) atoms. The third-order valence-electron chi connectivity index (χ3n) is 5.08. The van der Waals surface area contributed by atoms with Crippen molar-refractivity contribution in [3.63, 3.8) is 0 Å². The largest absolute Gasteiger partial charge is 0.481 e. The Balaban J connectivity index is 3.26. The van der Waals surface area contributed by atoms with Crippen LogP contribution in [-0.2, 0) is 19.2 Å². The number of carboxylic acid groups (broad SMARTS) is 4. The van der Waals surface area contributed by atoms with Crippen LogP contribution in [0.3, 0.4) is 0 Å². The van der Waals surface area contributed by atoms with Gasteiger partial charge in [0.25, 0.3) is 0 Å². The first kappa shape index (κ1) is 26.8. The smallest absolute Gasteiger partial charge is 0.321 e. The van der Waals surface area contributed by atoms with Gasteiger partial charge in [-0.1, -0.05) is 36.9 Å². The van der Waals surface area contributed by atoms with Gasteiger partial charge in [-0.2, -0.15) is 0 Å². The van der Waals surface area contributed by atoms with Crippen LogP contribution in [-0.4, -0.2) is 98.0 Å². The van der Waals surface area contributed by atoms with Crippen molar-refractivity contribution in [2.24, 2.45) is 0 Å². The highest BCUT2D eigenvalue weighted by molar-refractivity contribution is 5.81. The Labute approximate surface area is 184 Å². The second-order valence-corrected chi connectivity index (χ2v) is 7.19. The van der Waals surface area contributed by atoms with Gasteiger partial charge in [-0.05, 0) is 18.2 Å². The van der Waals surface area contributed by atoms with Gasteiger partial charge in [0.2, 0.25) is 0 Å². The molecule has 0 aliphatic heterocycles. The molecular weight excluding hydrogens is 424 g/mol. The van der Waals surface area contributed by atoms with Crippen LogP contribution < -0.4 is 0 Å². The van der Waals surface area contributed by atoms with Crippen LogP contribution >= 0.6 is 0 Å². The van der Waals surface area contributed by atoms with E-state index in [1.807, 2.05) is 0 Å². The van der Waals surface area contributed by atoms with Gasteiger partial charge in [0, 0.05) is 13.1 Å². The van der Waals surface area contributed by atoms with Crippen molar-refractivity contribution in [1.82, 2.24) is 9.80 Å². The number of benzene rings is 1. The van der Waals surface area contributed by atoms with E-state index in [-0.39, 0.29) is 13.1 Å². The molecule has 0 saturated carbocycles. The third-order valence-corrected chi connectivity index (χ3v) is 5.08. The Kier molecular flexibility index (Phi) is 10.5. The van der Waals surface area contributed by atoms with E-state index in [4.69, 9.17) is 5.11 Å². The van der Waals surface area contributed by atoms with Crippen LogP contribution in [0.2, 0.25) is 0 Å². The fraction of sp³-hybridized carbons (Fsp3) is 0.429. The van der Waals surface area contributed by atoms with E-state index >= 15 is 0 Å². The number of rotatable bonds is 15. The fourth-order valence-corrected chi connectivity index (χ4v) is 3.32. The van der Waals surface area contributed by atoms with E-state index in [0.717, 1.165) is 5.56 Å². The zero-order valence-corrected chi connectivity index (χ0v) is 17.6. The lowest BCUT2D eigenvalue weighted by Gasteiger charge is -2.36. The van der Waals surface area contributed by atoms with Crippen molar-refractivity contribution in [1.29, 1.82) is 0 Å². The van der Waals surface area contributed by atoms with E-state index < -0.39 is 61.5 Å². The minimum atomic E-state index is -1.51. The lowest BCUT2D eigenvalue weighted by atomic mass is 10.0. The van der Waals surface area contributed by atoms with Crippen LogP contribution in [0.15, 0.2) is 30.8 Å². The molecule has 0 heterocycles. The molecule has 1 aromatic rings. The molecule has 0 aromatic heterocycles. The van der Waals surface area contributed by atoms with Gasteiger partial charge >= 0.3 is 23.9 Å². The molecular formula is C21H28N2O9. The number of aliphatic hydroxyl groups excluding tert-OH is 1. The molecule has 3 atom stereocenters. The topological polar surface area (TPSA) is 176 Å². The molecule has 0 aliphatic carbocycles. The summed E-state index contributed by atoms with van der Waals surface area (Å²) in [5.74, 6) is -5.45. The van der Waals surface area contributed by atoms with Crippen LogP contribution in [0, 0.1) is 0 Å². The zero-order chi connectivity index (χ0) is 24.4. The minimum Gasteiger partial charge on any atom is -0.481 e. The Bertz CT molecular complexity index is 825. The molecule has 0 aliphatic rings. The highest BCUT2D eigenvalue weighted by Gasteiger charge is 2.35. The number of carbonyl (C=O) groups is 4. The molecule has 0 spiro atoms. The summed E-state index contributed by atoms with van der Waals surface area (Å²) in [5, 5.41) is 47.2. The predicted octanol–water partition coefficient (Wildman–Crippen LogP) is 0.453. The molecule has 11 nitrogen and oxygen atoms in total. The van der Waals surface area contributed by atoms with Gasteiger partial charge in [0.1, 0.15) is 12.1 Å². The van der Waals surface area contributed by atoms with Crippen molar-refractivity contribution < 1.29 is 44.7 Å². The van der Waals surface area contributed by atoms with Crippen molar-refractivity contribution in [2.45, 2.75) is 31.0 Å². The molecule has 3 unspecified atom stereocenters. The first-order valence-electron chi connectivity index (χ1n) is 9.70. The fourth-order valence-electron chi connectivity index (χ4n) is 3.32. The maximum atomic E-state index is 11.9. The van der Waals surface area contributed by atoms with E-state index in [1.165, 1.54) is 16.8 Å². The average molecular weight is 452 g/mol. The highest BCUT2D eigenvalue weighted by atomic mass is 16.4. The average Bonchev–Trinajstić information content (AvgIpc) is 2.72. The Morgan fingerprint density at radius 2 is 1.41 bits per heavy atom. The summed E-state index contributed by atoms with van der Waals surface area (Å²) in [6.45, 7) is 2.89. The van der Waals surface area contributed by atoms with E-state index in [1.54, 1.807) is 30.3 Å². The van der Waals surface area contributed by atoms with Gasteiger partial charge in [0.15, 0.2) is 0 Å². The molecule has 0 fully saturated rings. The molecule has 5 N–H and O–H groups in total. The highest BCUT2D eigenvalue weighted by Crippen LogP contribution is 2.25. The standard InChI is InChI=1S/C21H28N2O9/c1-3-13-4-6-14(7-5-13)17(12-24)23(16(21(31)32)11-19(27)28)9-8-22(2)15(20(29)30)10-18(25)26/h3-7,15-17,24H,1,8-12H2,2H3,(H,25,26)(H,27,28)(H,29,30)(H,31,32). The first-order chi connectivity index (χ1) is 15.0. The van der Waals surface area contributed by atoms with Crippen molar-refractivity contribution in [3.05, 3.63) is 42.0 Å². The Morgan fingerprint density at radius 1 is 0.906 bits per heavy atom. The summed E-state index contributed by atoms with van der Waals surface area (Å²) < 4.78 is 0. The molecule has 11 heteroatoms. The lowest BCUT2D eigenvalue weighted by Crippen LogP contribution is -2.50. The van der Waals surface area contributed by atoms with Gasteiger partial charge in [-0.25, -0.2) is 0 Å². The van der Waals surface area contributed by atoms with Gasteiger partial charge in [-0.15, -0.1) is 0 Å². The lowest BCUT2D eigenvalue weighted by molar-refractivity contribution is -0.152. The van der Waals surface area contributed by atoms with E-state index in [0.29, 0.717) is 5.56 Å². The van der Waals surface area contributed by atoms with Crippen LogP contribution in [0.5, 0.6) is 0 Å². The van der Waals surface area contributed by atoms with Crippen LogP contribution in [0.25, 0.3) is 6.08 Å². The minimum absolute atomic E-state index is 0.0884. The quantitative estimate of drug-likeness (QED) is 0.250. The molecule has 0 bridgehead atoms. The van der Waals surface area contributed by atoms with Gasteiger partial charge < -0.3 is 25.5 Å². The van der Waals surface area contributed by atoms with Crippen LogP contribution in [0.1, 0.15) is 30.0 Å². The molecule has 0 radical (unpaired) electrons. The number of aliphatic carboxylic acids is 4. The van der Waals surface area contributed by atoms with E-state index in [2.05, 4.69) is 6.58 Å². The number of aliphatic hydroxyl groups is 1. The van der Waals surface area contributed by atoms with Crippen molar-refractivity contribution in [3.8, 4) is 0 Å². The van der Waals surface area contributed by atoms with Crippen molar-refractivity contribution in [2.75, 3.05) is 26.7 Å². The monoisotopic (exact) mass is 452 g/mol. The van der Waals surface area contributed by atoms with Gasteiger partial charge in [-0.3, -0.25) is 29.0 Å². The SMILES string of the molecule is C=Cc1ccc(C(CO)N(CCN(C)C(CC(=O)O)C(=O)O)C(CC(=O)O)C(=O)O)cc1. The predicted molar refractivity (Wildman–Crippen MR) is 113 cm³/mol. The molecule has 0 saturated heterocycles. The molecule has 1 aromatic carbocycles. The summed E-state index contributed by atoms with van der Waals surface area (Å²) in [6.07, 6.45) is 0.178. The second-order valence-electron chi connectivity index (χ2n) is 7.19. The summed E-state index contributed by atoms with van der Waals surface area (Å²) in [6, 6.07) is 2.94. The second kappa shape index (κ2) is 12.5. The Hall–Kier alpha value is -3.28. The normalized spacial score (nSPS) is 14.0. The molecule has 0 amide bonds. The van der Waals surface area contributed by atoms with Crippen molar-refractivity contribution >= 4 is 30.0 Å². The number of carboxylic acids is 4. The summed E-state index contributed by atoms with van der Waals surface area (Å²) in [4.78, 5) is 48.1. The zero-order valence-electron chi connectivity index (χ0n) is 17.6. The van der Waals surface area contributed by atoms with Gasteiger partial charge in [0.05, 0.1) is 25.5 Å². The third kappa shape index (κ3) is 7.76. The maximum Gasteiger partial charge on any atom is 0.321 e. The number of hydrogen-bond acceptors (Lipinski definition) is 7. The summed E-state index contributed by atoms with van der Waals surface area (Å²) >= 11 is 0. The molecule has 176 valence electrons. The summed E-state index contributed by atoms with van der Waals surface area (Å²) in [5.41, 5.74) is 1.31. The first-order valence-corrected chi connectivity index (χ1v) is 9.70.